The molecule has 240 valence electrons. The first kappa shape index (κ1) is 32.9. The molecule has 1 saturated carbocycles. The number of aromatic hydroxyl groups is 1. The van der Waals surface area contributed by atoms with Crippen LogP contribution in [0.2, 0.25) is 25.7 Å². The van der Waals surface area contributed by atoms with Gasteiger partial charge >= 0.3 is 11.7 Å². The van der Waals surface area contributed by atoms with E-state index in [2.05, 4.69) is 26.6 Å². The number of unbranched alkanes of at least 4 members (excludes halogenated alkanes) is 1. The number of hydrogen-bond donors (Lipinski definition) is 3. The Morgan fingerprint density at radius 2 is 1.84 bits per heavy atom. The Kier molecular flexibility index (Phi) is 9.62. The number of urea groups is 1. The zero-order valence-electron chi connectivity index (χ0n) is 26.2. The summed E-state index contributed by atoms with van der Waals surface area (Å²) >= 11 is 0. The number of carbonyl (C=O) groups is 2. The molecule has 1 spiro atoms. The van der Waals surface area contributed by atoms with E-state index in [1.807, 2.05) is 6.92 Å². The van der Waals surface area contributed by atoms with Crippen molar-refractivity contribution >= 4 is 25.8 Å². The number of amidine groups is 1. The maximum atomic E-state index is 13.7. The molecule has 43 heavy (non-hydrogen) atoms. The van der Waals surface area contributed by atoms with E-state index in [0.29, 0.717) is 58.3 Å². The number of imide groups is 1. The molecule has 0 aromatic carbocycles. The van der Waals surface area contributed by atoms with Crippen LogP contribution < -0.4 is 17.0 Å². The van der Waals surface area contributed by atoms with E-state index in [1.54, 1.807) is 4.90 Å². The number of nitrogen functional groups attached to an aromatic ring is 1. The highest BCUT2D eigenvalue weighted by molar-refractivity contribution is 6.76. The first-order valence-corrected chi connectivity index (χ1v) is 19.1. The molecule has 4 rings (SSSR count). The van der Waals surface area contributed by atoms with E-state index in [4.69, 9.17) is 20.6 Å². The fourth-order valence-corrected chi connectivity index (χ4v) is 7.17. The molecule has 0 radical (unpaired) electrons. The van der Waals surface area contributed by atoms with Crippen LogP contribution in [0.5, 0.6) is 5.88 Å². The van der Waals surface area contributed by atoms with Crippen LogP contribution in [0.1, 0.15) is 70.4 Å². The lowest BCUT2D eigenvalue weighted by Gasteiger charge is -2.42. The van der Waals surface area contributed by atoms with Gasteiger partial charge in [0.25, 0.3) is 11.5 Å². The van der Waals surface area contributed by atoms with Gasteiger partial charge in [-0.05, 0) is 43.6 Å². The Bertz CT molecular complexity index is 1350. The predicted molar refractivity (Wildman–Crippen MR) is 164 cm³/mol. The number of nitrogens with zero attached hydrogens (tertiary/aromatic N) is 4. The van der Waals surface area contributed by atoms with Crippen molar-refractivity contribution in [3.63, 3.8) is 0 Å². The summed E-state index contributed by atoms with van der Waals surface area (Å²) in [5.74, 6) is -1.43. The van der Waals surface area contributed by atoms with Gasteiger partial charge in [-0.2, -0.15) is 0 Å². The van der Waals surface area contributed by atoms with Crippen molar-refractivity contribution in [2.24, 2.45) is 11.1 Å². The molecule has 3 amide bonds. The minimum atomic E-state index is -1.33. The zero-order valence-corrected chi connectivity index (χ0v) is 27.2. The summed E-state index contributed by atoms with van der Waals surface area (Å²) in [6.07, 6.45) is 3.95. The topological polar surface area (TPSA) is 173 Å². The molecule has 1 atom stereocenters. The van der Waals surface area contributed by atoms with Crippen molar-refractivity contribution in [1.82, 2.24) is 18.9 Å². The van der Waals surface area contributed by atoms with Gasteiger partial charge in [0.05, 0.1) is 6.61 Å². The molecule has 3 fully saturated rings. The lowest BCUT2D eigenvalue weighted by molar-refractivity contribution is -0.137. The van der Waals surface area contributed by atoms with Crippen LogP contribution in [-0.2, 0) is 20.8 Å². The number of nitrogens with one attached hydrogen (secondary N) is 1. The van der Waals surface area contributed by atoms with Crippen LogP contribution in [0.4, 0.5) is 4.79 Å². The van der Waals surface area contributed by atoms with Gasteiger partial charge in [0.2, 0.25) is 5.88 Å². The van der Waals surface area contributed by atoms with Crippen molar-refractivity contribution in [3.8, 4) is 5.88 Å². The second-order valence-electron chi connectivity index (χ2n) is 13.9. The van der Waals surface area contributed by atoms with E-state index in [9.17, 15) is 24.3 Å². The average Bonchev–Trinajstić information content (AvgIpc) is 3.48. The third-order valence-electron chi connectivity index (χ3n) is 9.26. The largest absolute Gasteiger partial charge is 0.494 e. The smallest absolute Gasteiger partial charge is 0.334 e. The first-order valence-electron chi connectivity index (χ1n) is 15.4. The number of rotatable bonds is 12. The van der Waals surface area contributed by atoms with Crippen molar-refractivity contribution in [2.45, 2.75) is 103 Å². The van der Waals surface area contributed by atoms with Gasteiger partial charge in [-0.3, -0.25) is 24.1 Å². The summed E-state index contributed by atoms with van der Waals surface area (Å²) in [6, 6.07) is 0.115. The van der Waals surface area contributed by atoms with E-state index in [-0.39, 0.29) is 42.8 Å². The van der Waals surface area contributed by atoms with Crippen LogP contribution in [0.3, 0.4) is 0 Å². The molecule has 13 nitrogen and oxygen atoms in total. The summed E-state index contributed by atoms with van der Waals surface area (Å²) in [6.45, 7) is 12.3. The molecule has 3 aliphatic rings. The minimum absolute atomic E-state index is 0.0776. The molecule has 2 aliphatic heterocycles. The molecule has 0 unspecified atom stereocenters. The lowest BCUT2D eigenvalue weighted by Crippen LogP contribution is -2.54. The van der Waals surface area contributed by atoms with Gasteiger partial charge in [0.1, 0.15) is 23.7 Å². The Morgan fingerprint density at radius 1 is 1.16 bits per heavy atom. The Morgan fingerprint density at radius 3 is 2.40 bits per heavy atom. The highest BCUT2D eigenvalue weighted by Gasteiger charge is 2.60. The van der Waals surface area contributed by atoms with Gasteiger partial charge < -0.3 is 25.2 Å². The van der Waals surface area contributed by atoms with Crippen LogP contribution in [0, 0.1) is 10.8 Å². The second-order valence-corrected chi connectivity index (χ2v) is 19.5. The number of aromatic nitrogens is 2. The summed E-state index contributed by atoms with van der Waals surface area (Å²) in [5.41, 5.74) is 2.50. The van der Waals surface area contributed by atoms with E-state index < -0.39 is 42.6 Å². The fraction of sp³-hybridized carbons (Fsp3) is 0.759. The molecule has 2 saturated heterocycles. The normalized spacial score (nSPS) is 26.2. The highest BCUT2D eigenvalue weighted by atomic mass is 28.3. The number of hydrogen-bond acceptors (Lipinski definition) is 8. The Hall–Kier alpha value is -2.97. The van der Waals surface area contributed by atoms with E-state index >= 15 is 0 Å². The number of ether oxygens (including phenoxy) is 2. The van der Waals surface area contributed by atoms with Gasteiger partial charge in [0, 0.05) is 46.8 Å². The fourth-order valence-electron chi connectivity index (χ4n) is 6.42. The predicted octanol–water partition coefficient (Wildman–Crippen LogP) is 2.66. The van der Waals surface area contributed by atoms with Crippen LogP contribution in [0.25, 0.3) is 0 Å². The number of amides is 3. The van der Waals surface area contributed by atoms with Crippen molar-refractivity contribution in [1.29, 1.82) is 5.41 Å². The third-order valence-corrected chi connectivity index (χ3v) is 11.0. The van der Waals surface area contributed by atoms with Gasteiger partial charge in [-0.1, -0.05) is 39.9 Å². The molecule has 3 heterocycles. The summed E-state index contributed by atoms with van der Waals surface area (Å²) in [4.78, 5) is 56.9. The molecule has 0 bridgehead atoms. The molecule has 1 aliphatic carbocycles. The summed E-state index contributed by atoms with van der Waals surface area (Å²) in [7, 11) is -1.33. The first-order chi connectivity index (χ1) is 20.2. The van der Waals surface area contributed by atoms with E-state index in [1.165, 1.54) is 4.90 Å². The highest BCUT2D eigenvalue weighted by Crippen LogP contribution is 2.44. The molecular weight excluding hydrogens is 572 g/mol. The molecule has 14 heteroatoms. The molecule has 1 aromatic heterocycles. The lowest BCUT2D eigenvalue weighted by atomic mass is 9.73. The minimum Gasteiger partial charge on any atom is -0.494 e. The van der Waals surface area contributed by atoms with Crippen LogP contribution >= 0.6 is 0 Å². The Labute approximate surface area is 253 Å². The SMILES string of the molecule is CCCCn1c(O)c(C(=N)N)c(=O)n(C2CCC(C)(CN3C(=O)N(COCC[Si](C)(C)C)C(=O)[C@@]34CCOC4)CC2)c1=O. The quantitative estimate of drug-likeness (QED) is 0.105. The standard InChI is InChI=1S/C29H48N6O7Si/c1-6-7-13-32-23(36)21(22(30)31)24(37)35(27(32)40)20-8-10-28(2,11-9-20)17-34-26(39)33(19-42-15-16-43(3,4)5)25(38)29(34)12-14-41-18-29/h20,36H,6-19H2,1-5H3,(H3,30,31)/t20?,28?,29-/m0/s1. The van der Waals surface area contributed by atoms with Crippen LogP contribution in [0.15, 0.2) is 9.59 Å². The monoisotopic (exact) mass is 620 g/mol. The molecular formula is C29H48N6O7Si. The zero-order chi connectivity index (χ0) is 31.7. The van der Waals surface area contributed by atoms with Gasteiger partial charge in [-0.15, -0.1) is 0 Å². The maximum Gasteiger partial charge on any atom is 0.334 e. The summed E-state index contributed by atoms with van der Waals surface area (Å²) < 4.78 is 13.7. The van der Waals surface area contributed by atoms with Crippen molar-refractivity contribution in [3.05, 3.63) is 26.4 Å². The van der Waals surface area contributed by atoms with Gasteiger partial charge in [0.15, 0.2) is 0 Å². The van der Waals surface area contributed by atoms with Crippen LogP contribution in [-0.4, -0.2) is 88.5 Å². The van der Waals surface area contributed by atoms with Crippen molar-refractivity contribution < 1.29 is 24.2 Å². The second kappa shape index (κ2) is 12.6. The van der Waals surface area contributed by atoms with E-state index in [0.717, 1.165) is 21.6 Å². The average molecular weight is 621 g/mol. The molecule has 4 N–H and O–H groups in total. The number of nitrogens with two attached hydrogens (primary N) is 1. The van der Waals surface area contributed by atoms with Crippen molar-refractivity contribution in [2.75, 3.05) is 33.1 Å². The maximum absolute atomic E-state index is 13.7. The Balaban J connectivity index is 1.53. The summed E-state index contributed by atoms with van der Waals surface area (Å²) in [5, 5.41) is 18.5. The van der Waals surface area contributed by atoms with Gasteiger partial charge in [-0.25, -0.2) is 14.5 Å². The number of carbonyl (C=O) groups excluding carboxylic acids is 2. The molecule has 1 aromatic rings. The third kappa shape index (κ3) is 6.46.